The number of fused-ring (bicyclic) bond motifs is 1. The highest BCUT2D eigenvalue weighted by Crippen LogP contribution is 2.30. The van der Waals surface area contributed by atoms with Gasteiger partial charge in [0.1, 0.15) is 0 Å². The van der Waals surface area contributed by atoms with Gasteiger partial charge in [-0.3, -0.25) is 4.79 Å². The zero-order chi connectivity index (χ0) is 23.1. The van der Waals surface area contributed by atoms with Gasteiger partial charge in [-0.2, -0.15) is 0 Å². The van der Waals surface area contributed by atoms with Gasteiger partial charge in [0.15, 0.2) is 11.5 Å². The second kappa shape index (κ2) is 10.7. The van der Waals surface area contributed by atoms with Gasteiger partial charge >= 0.3 is 0 Å². The highest BCUT2D eigenvalue weighted by molar-refractivity contribution is 6.10. The van der Waals surface area contributed by atoms with Gasteiger partial charge in [-0.25, -0.2) is 0 Å². The van der Waals surface area contributed by atoms with E-state index in [4.69, 9.17) is 9.47 Å². The number of rotatable bonds is 11. The first-order chi connectivity index (χ1) is 15.3. The molecule has 5 heteroatoms. The number of aromatic nitrogens is 1. The summed E-state index contributed by atoms with van der Waals surface area (Å²) in [6, 6.07) is 13.6. The molecule has 0 aliphatic heterocycles. The van der Waals surface area contributed by atoms with E-state index in [1.165, 1.54) is 0 Å². The Morgan fingerprint density at radius 2 is 1.88 bits per heavy atom. The van der Waals surface area contributed by atoms with E-state index >= 15 is 0 Å². The lowest BCUT2D eigenvalue weighted by Crippen LogP contribution is -2.36. The van der Waals surface area contributed by atoms with Crippen molar-refractivity contribution in [2.75, 3.05) is 20.3 Å². The first-order valence-corrected chi connectivity index (χ1v) is 11.5. The number of nitrogens with one attached hydrogen (secondary N) is 1. The second-order valence-electron chi connectivity index (χ2n) is 9.19. The minimum absolute atomic E-state index is 0.00142. The van der Waals surface area contributed by atoms with Crippen LogP contribution in [0.25, 0.3) is 5.52 Å². The van der Waals surface area contributed by atoms with Crippen molar-refractivity contribution in [3.63, 3.8) is 0 Å². The molecule has 5 nitrogen and oxygen atoms in total. The maximum Gasteiger partial charge on any atom is 0.210 e. The molecule has 3 aromatic rings. The molecule has 0 aliphatic rings. The predicted octanol–water partition coefficient (Wildman–Crippen LogP) is 5.68. The molecule has 172 valence electrons. The maximum absolute atomic E-state index is 13.6. The van der Waals surface area contributed by atoms with Gasteiger partial charge in [-0.15, -0.1) is 0 Å². The van der Waals surface area contributed by atoms with Crippen LogP contribution >= 0.6 is 0 Å². The number of ketones is 1. The lowest BCUT2D eigenvalue weighted by Gasteiger charge is -2.20. The molecule has 0 fully saturated rings. The van der Waals surface area contributed by atoms with Crippen LogP contribution in [0.2, 0.25) is 0 Å². The summed E-state index contributed by atoms with van der Waals surface area (Å²) in [5.74, 6) is 1.24. The van der Waals surface area contributed by atoms with Crippen LogP contribution in [0.5, 0.6) is 11.5 Å². The molecule has 0 amide bonds. The highest BCUT2D eigenvalue weighted by Gasteiger charge is 2.20. The molecule has 1 aromatic carbocycles. The molecule has 1 N–H and O–H groups in total. The normalized spacial score (nSPS) is 11.7. The minimum Gasteiger partial charge on any atom is -0.493 e. The topological polar surface area (TPSA) is 52.0 Å². The van der Waals surface area contributed by atoms with E-state index in [2.05, 4.69) is 39.1 Å². The number of carbonyl (C=O) groups is 1. The largest absolute Gasteiger partial charge is 0.493 e. The number of carbonyl (C=O) groups excluding carboxylic acids is 1. The third-order valence-electron chi connectivity index (χ3n) is 5.43. The number of nitrogens with zero attached hydrogens (tertiary/aromatic N) is 1. The third kappa shape index (κ3) is 5.92. The molecule has 0 radical (unpaired) electrons. The molecular formula is C27H36N2O3. The quantitative estimate of drug-likeness (QED) is 0.310. The Kier molecular flexibility index (Phi) is 7.97. The van der Waals surface area contributed by atoms with E-state index in [1.54, 1.807) is 13.2 Å². The SMILES string of the molecule is CCCCc1cc2ccccn2c1C(=O)c1ccc(OCCCNC(C)(C)C)c(OC)c1. The van der Waals surface area contributed by atoms with Crippen molar-refractivity contribution in [3.8, 4) is 11.5 Å². The van der Waals surface area contributed by atoms with Crippen molar-refractivity contribution < 1.29 is 14.3 Å². The Balaban J connectivity index is 1.79. The fourth-order valence-electron chi connectivity index (χ4n) is 3.77. The fraction of sp³-hybridized carbons (Fsp3) is 0.444. The summed E-state index contributed by atoms with van der Waals surface area (Å²) < 4.78 is 13.5. The first-order valence-electron chi connectivity index (χ1n) is 11.5. The van der Waals surface area contributed by atoms with Crippen molar-refractivity contribution in [1.29, 1.82) is 0 Å². The number of aryl methyl sites for hydroxylation is 1. The van der Waals surface area contributed by atoms with Crippen LogP contribution in [0, 0.1) is 0 Å². The number of unbranched alkanes of at least 4 members (excludes halogenated alkanes) is 1. The lowest BCUT2D eigenvalue weighted by atomic mass is 10.0. The highest BCUT2D eigenvalue weighted by atomic mass is 16.5. The number of ether oxygens (including phenoxy) is 2. The lowest BCUT2D eigenvalue weighted by molar-refractivity contribution is 0.103. The summed E-state index contributed by atoms with van der Waals surface area (Å²) in [6.07, 6.45) is 5.87. The van der Waals surface area contributed by atoms with Gasteiger partial charge in [0.25, 0.3) is 0 Å². The van der Waals surface area contributed by atoms with Crippen LogP contribution in [0.1, 0.15) is 68.6 Å². The number of benzene rings is 1. The summed E-state index contributed by atoms with van der Waals surface area (Å²) in [5.41, 5.74) is 3.56. The molecular weight excluding hydrogens is 400 g/mol. The van der Waals surface area contributed by atoms with Gasteiger partial charge in [-0.05, 0) is 88.5 Å². The number of hydrogen-bond acceptors (Lipinski definition) is 4. The zero-order valence-electron chi connectivity index (χ0n) is 20.0. The molecule has 2 aromatic heterocycles. The van der Waals surface area contributed by atoms with Crippen LogP contribution in [-0.4, -0.2) is 36.0 Å². The monoisotopic (exact) mass is 436 g/mol. The van der Waals surface area contributed by atoms with Crippen molar-refractivity contribution in [2.45, 2.75) is 58.9 Å². The van der Waals surface area contributed by atoms with E-state index in [9.17, 15) is 4.79 Å². The van der Waals surface area contributed by atoms with E-state index in [-0.39, 0.29) is 11.3 Å². The summed E-state index contributed by atoms with van der Waals surface area (Å²) in [4.78, 5) is 13.6. The third-order valence-corrected chi connectivity index (χ3v) is 5.43. The van der Waals surface area contributed by atoms with E-state index < -0.39 is 0 Å². The van der Waals surface area contributed by atoms with Crippen molar-refractivity contribution in [3.05, 3.63) is 65.5 Å². The van der Waals surface area contributed by atoms with Gasteiger partial charge in [0, 0.05) is 22.8 Å². The molecule has 0 saturated carbocycles. The van der Waals surface area contributed by atoms with Crippen molar-refractivity contribution >= 4 is 11.3 Å². The van der Waals surface area contributed by atoms with Gasteiger partial charge in [-0.1, -0.05) is 19.4 Å². The molecule has 0 bridgehead atoms. The molecule has 0 spiro atoms. The van der Waals surface area contributed by atoms with Gasteiger partial charge in [0.2, 0.25) is 5.78 Å². The van der Waals surface area contributed by atoms with E-state index in [0.29, 0.717) is 23.7 Å². The van der Waals surface area contributed by atoms with Crippen LogP contribution in [-0.2, 0) is 6.42 Å². The molecule has 0 aliphatic carbocycles. The standard InChI is InChI=1S/C27H36N2O3/c1-6-7-11-20-18-22-12-8-9-16-29(22)25(20)26(30)21-13-14-23(24(19-21)31-5)32-17-10-15-28-27(2,3)4/h8-9,12-14,16,18-19,28H,6-7,10-11,15,17H2,1-5H3. The molecule has 2 heterocycles. The number of methoxy groups -OCH3 is 1. The van der Waals surface area contributed by atoms with Crippen molar-refractivity contribution in [1.82, 2.24) is 9.72 Å². The summed E-state index contributed by atoms with van der Waals surface area (Å²) in [5, 5.41) is 3.45. The summed E-state index contributed by atoms with van der Waals surface area (Å²) in [6.45, 7) is 10.1. The average molecular weight is 437 g/mol. The van der Waals surface area contributed by atoms with Gasteiger partial charge in [0.05, 0.1) is 19.4 Å². The Morgan fingerprint density at radius 1 is 1.06 bits per heavy atom. The van der Waals surface area contributed by atoms with E-state index in [1.807, 2.05) is 40.9 Å². The zero-order valence-corrected chi connectivity index (χ0v) is 20.0. The van der Waals surface area contributed by atoms with Crippen LogP contribution in [0.3, 0.4) is 0 Å². The predicted molar refractivity (Wildman–Crippen MR) is 130 cm³/mol. The summed E-state index contributed by atoms with van der Waals surface area (Å²) in [7, 11) is 1.61. The van der Waals surface area contributed by atoms with Crippen LogP contribution < -0.4 is 14.8 Å². The molecule has 3 rings (SSSR count). The molecule has 0 atom stereocenters. The Bertz CT molecular complexity index is 1050. The van der Waals surface area contributed by atoms with E-state index in [0.717, 1.165) is 49.0 Å². The molecule has 0 saturated heterocycles. The maximum atomic E-state index is 13.6. The Labute approximate surface area is 191 Å². The number of hydrogen-bond donors (Lipinski definition) is 1. The Hall–Kier alpha value is -2.79. The second-order valence-corrected chi connectivity index (χ2v) is 9.19. The van der Waals surface area contributed by atoms with Crippen LogP contribution in [0.4, 0.5) is 0 Å². The van der Waals surface area contributed by atoms with Gasteiger partial charge < -0.3 is 19.2 Å². The Morgan fingerprint density at radius 3 is 2.59 bits per heavy atom. The first kappa shape index (κ1) is 23.9. The van der Waals surface area contributed by atoms with Crippen molar-refractivity contribution in [2.24, 2.45) is 0 Å². The minimum atomic E-state index is 0.00142. The molecule has 0 unspecified atom stereocenters. The number of pyridine rings is 1. The average Bonchev–Trinajstić information content (AvgIpc) is 3.14. The molecule has 32 heavy (non-hydrogen) atoms. The summed E-state index contributed by atoms with van der Waals surface area (Å²) >= 11 is 0. The van der Waals surface area contributed by atoms with Crippen LogP contribution in [0.15, 0.2) is 48.7 Å². The smallest absolute Gasteiger partial charge is 0.210 e. The fourth-order valence-corrected chi connectivity index (χ4v) is 3.77.